The molecule has 0 bridgehead atoms. The van der Waals surface area contributed by atoms with Crippen LogP contribution in [0.25, 0.3) is 10.9 Å². The molecule has 2 atom stereocenters. The second-order valence-corrected chi connectivity index (χ2v) is 9.35. The highest BCUT2D eigenvalue weighted by molar-refractivity contribution is 14.2. The number of rotatable bonds is 3. The van der Waals surface area contributed by atoms with Crippen LogP contribution in [-0.4, -0.2) is 45.4 Å². The second-order valence-electron chi connectivity index (χ2n) is 6.92. The molecule has 1 saturated heterocycles. The number of fused-ring (bicyclic) bond motifs is 1. The molecule has 1 amide bonds. The van der Waals surface area contributed by atoms with Crippen molar-refractivity contribution in [2.45, 2.75) is 38.8 Å². The molecule has 7 nitrogen and oxygen atoms in total. The lowest BCUT2D eigenvalue weighted by Crippen LogP contribution is -2.40. The zero-order chi connectivity index (χ0) is 18.2. The van der Waals surface area contributed by atoms with E-state index in [1.807, 2.05) is 31.3 Å². The summed E-state index contributed by atoms with van der Waals surface area (Å²) in [5.41, 5.74) is 0.482. The largest absolute Gasteiger partial charge is 0.444 e. The molecule has 1 aliphatic rings. The number of hydrogen-bond donors (Lipinski definition) is 1. The SMILES string of the molecule is CC(C)(C)OC(=O)NC1CCN(c2nn(PI)c3cc(Cl)ncc23)C1. The maximum atomic E-state index is 12.0. The van der Waals surface area contributed by atoms with Gasteiger partial charge in [-0.15, -0.1) is 5.10 Å². The number of anilines is 1. The molecule has 0 radical (unpaired) electrons. The molecule has 25 heavy (non-hydrogen) atoms. The molecule has 2 aromatic heterocycles. The van der Waals surface area contributed by atoms with Crippen LogP contribution in [0.5, 0.6) is 0 Å². The minimum Gasteiger partial charge on any atom is -0.444 e. The van der Waals surface area contributed by atoms with Crippen molar-refractivity contribution in [3.05, 3.63) is 17.4 Å². The summed E-state index contributed by atoms with van der Waals surface area (Å²) in [4.78, 5) is 18.3. The van der Waals surface area contributed by atoms with E-state index in [0.29, 0.717) is 18.1 Å². The van der Waals surface area contributed by atoms with Gasteiger partial charge in [-0.1, -0.05) is 11.6 Å². The fourth-order valence-electron chi connectivity index (χ4n) is 2.81. The number of hydrogen-bond acceptors (Lipinski definition) is 5. The van der Waals surface area contributed by atoms with Crippen molar-refractivity contribution >= 4 is 62.8 Å². The van der Waals surface area contributed by atoms with Gasteiger partial charge >= 0.3 is 6.09 Å². The average molecular weight is 496 g/mol. The molecule has 1 aliphatic heterocycles. The van der Waals surface area contributed by atoms with Crippen LogP contribution in [0, 0.1) is 0 Å². The van der Waals surface area contributed by atoms with Gasteiger partial charge in [0.15, 0.2) is 5.82 Å². The van der Waals surface area contributed by atoms with E-state index in [0.717, 1.165) is 29.7 Å². The molecule has 0 spiro atoms. The first kappa shape index (κ1) is 18.9. The standard InChI is InChI=1S/C15H20ClIN5O2P/c1-15(2,3)24-14(23)19-9-4-5-21(8-9)13-10-7-18-12(16)6-11(10)22(20-13)25-17/h6-7,9,25H,4-5,8H2,1-3H3,(H,19,23). The maximum absolute atomic E-state index is 12.0. The summed E-state index contributed by atoms with van der Waals surface area (Å²) in [6.45, 7) is 7.08. The summed E-state index contributed by atoms with van der Waals surface area (Å²) >= 11 is 8.32. The molecular formula is C15H20ClIN5O2P. The number of halogens is 2. The number of pyridine rings is 1. The summed E-state index contributed by atoms with van der Waals surface area (Å²) in [5.74, 6) is 0.886. The van der Waals surface area contributed by atoms with Gasteiger partial charge in [-0.25, -0.2) is 14.2 Å². The Hall–Kier alpha value is -0.860. The highest BCUT2D eigenvalue weighted by atomic mass is 127. The second kappa shape index (κ2) is 7.40. The van der Waals surface area contributed by atoms with Crippen molar-refractivity contribution in [3.63, 3.8) is 0 Å². The van der Waals surface area contributed by atoms with Crippen LogP contribution in [0.15, 0.2) is 12.3 Å². The van der Waals surface area contributed by atoms with Crippen LogP contribution < -0.4 is 10.2 Å². The van der Waals surface area contributed by atoms with E-state index in [1.54, 1.807) is 6.20 Å². The minimum absolute atomic E-state index is 0.0392. The zero-order valence-corrected chi connectivity index (χ0v) is 18.1. The van der Waals surface area contributed by atoms with Crippen LogP contribution in [-0.2, 0) is 4.74 Å². The first-order valence-electron chi connectivity index (χ1n) is 7.92. The predicted molar refractivity (Wildman–Crippen MR) is 110 cm³/mol. The van der Waals surface area contributed by atoms with E-state index in [-0.39, 0.29) is 12.1 Å². The Morgan fingerprint density at radius 1 is 1.52 bits per heavy atom. The highest BCUT2D eigenvalue weighted by Gasteiger charge is 2.29. The molecule has 3 rings (SSSR count). The summed E-state index contributed by atoms with van der Waals surface area (Å²) < 4.78 is 7.27. The Morgan fingerprint density at radius 3 is 2.96 bits per heavy atom. The fraction of sp³-hybridized carbons (Fsp3) is 0.533. The van der Waals surface area contributed by atoms with Gasteiger partial charge in [-0.2, -0.15) is 0 Å². The zero-order valence-electron chi connectivity index (χ0n) is 14.2. The quantitative estimate of drug-likeness (QED) is 0.396. The normalized spacial score (nSPS) is 18.4. The van der Waals surface area contributed by atoms with E-state index in [4.69, 9.17) is 21.4 Å². The Balaban J connectivity index is 1.74. The molecule has 3 heterocycles. The van der Waals surface area contributed by atoms with Gasteiger partial charge in [0.1, 0.15) is 10.8 Å². The number of nitrogens with one attached hydrogen (secondary N) is 1. The lowest BCUT2D eigenvalue weighted by Gasteiger charge is -2.22. The number of alkyl carbamates (subject to hydrolysis) is 1. The smallest absolute Gasteiger partial charge is 0.407 e. The van der Waals surface area contributed by atoms with Gasteiger partial charge in [0, 0.05) is 25.4 Å². The summed E-state index contributed by atoms with van der Waals surface area (Å²) in [6, 6.07) is 1.88. The molecule has 0 aliphatic carbocycles. The molecule has 136 valence electrons. The first-order chi connectivity index (χ1) is 11.8. The molecule has 0 aromatic carbocycles. The third kappa shape index (κ3) is 4.46. The van der Waals surface area contributed by atoms with Crippen molar-refractivity contribution in [2.75, 3.05) is 18.0 Å². The van der Waals surface area contributed by atoms with Gasteiger partial charge in [-0.05, 0) is 49.2 Å². The summed E-state index contributed by atoms with van der Waals surface area (Å²) in [6.07, 6.45) is 2.71. The predicted octanol–water partition coefficient (Wildman–Crippen LogP) is 3.98. The highest BCUT2D eigenvalue weighted by Crippen LogP contribution is 2.35. The molecule has 0 saturated carbocycles. The summed E-state index contributed by atoms with van der Waals surface area (Å²) in [5, 5.41) is 9.09. The fourth-order valence-corrected chi connectivity index (χ4v) is 4.48. The molecule has 1 N–H and O–H groups in total. The first-order valence-corrected chi connectivity index (χ1v) is 12.4. The third-order valence-electron chi connectivity index (χ3n) is 3.80. The van der Waals surface area contributed by atoms with Crippen molar-refractivity contribution < 1.29 is 9.53 Å². The van der Waals surface area contributed by atoms with Crippen LogP contribution in [0.2, 0.25) is 5.15 Å². The third-order valence-corrected chi connectivity index (χ3v) is 5.88. The van der Waals surface area contributed by atoms with E-state index >= 15 is 0 Å². The molecule has 2 aromatic rings. The Morgan fingerprint density at radius 2 is 2.28 bits per heavy atom. The van der Waals surface area contributed by atoms with Crippen LogP contribution in [0.1, 0.15) is 27.2 Å². The van der Waals surface area contributed by atoms with Gasteiger partial charge < -0.3 is 15.0 Å². The van der Waals surface area contributed by atoms with Gasteiger partial charge in [0.25, 0.3) is 0 Å². The maximum Gasteiger partial charge on any atom is 0.407 e. The molecule has 1 fully saturated rings. The Labute approximate surface area is 166 Å². The molecule has 2 unspecified atom stereocenters. The van der Waals surface area contributed by atoms with E-state index < -0.39 is 5.60 Å². The monoisotopic (exact) mass is 495 g/mol. The number of amides is 1. The van der Waals surface area contributed by atoms with Crippen LogP contribution in [0.4, 0.5) is 10.6 Å². The Kier molecular flexibility index (Phi) is 5.60. The average Bonchev–Trinajstić information content (AvgIpc) is 3.08. The van der Waals surface area contributed by atoms with Crippen molar-refractivity contribution in [1.82, 2.24) is 19.9 Å². The lowest BCUT2D eigenvalue weighted by atomic mass is 10.2. The topological polar surface area (TPSA) is 72.3 Å². The van der Waals surface area contributed by atoms with Crippen LogP contribution >= 0.6 is 40.0 Å². The molecular weight excluding hydrogens is 476 g/mol. The van der Waals surface area contributed by atoms with Crippen molar-refractivity contribution in [1.29, 1.82) is 0 Å². The van der Waals surface area contributed by atoms with E-state index in [1.165, 1.54) is 0 Å². The van der Waals surface area contributed by atoms with Gasteiger partial charge in [0.2, 0.25) is 0 Å². The van der Waals surface area contributed by atoms with Gasteiger partial charge in [-0.3, -0.25) is 0 Å². The van der Waals surface area contributed by atoms with Crippen molar-refractivity contribution in [2.24, 2.45) is 0 Å². The Bertz CT molecular complexity index is 794. The van der Waals surface area contributed by atoms with E-state index in [9.17, 15) is 4.79 Å². The lowest BCUT2D eigenvalue weighted by molar-refractivity contribution is 0.0509. The number of ether oxygens (including phenoxy) is 1. The van der Waals surface area contributed by atoms with Gasteiger partial charge in [0.05, 0.1) is 23.3 Å². The number of carbonyl (C=O) groups is 1. The molecule has 10 heteroatoms. The van der Waals surface area contributed by atoms with Crippen LogP contribution in [0.3, 0.4) is 0 Å². The number of aromatic nitrogens is 3. The van der Waals surface area contributed by atoms with E-state index in [2.05, 4.69) is 37.2 Å². The minimum atomic E-state index is -0.497. The number of carbonyl (C=O) groups excluding carboxylic acids is 1. The number of nitrogens with zero attached hydrogens (tertiary/aromatic N) is 4. The van der Waals surface area contributed by atoms with Crippen molar-refractivity contribution in [3.8, 4) is 0 Å². The summed E-state index contributed by atoms with van der Waals surface area (Å²) in [7, 11) is 0.